The van der Waals surface area contributed by atoms with Gasteiger partial charge in [0.05, 0.1) is 0 Å². The van der Waals surface area contributed by atoms with E-state index in [2.05, 4.69) is 10.6 Å². The summed E-state index contributed by atoms with van der Waals surface area (Å²) in [4.78, 5) is 35.9. The fraction of sp³-hybridized carbons (Fsp3) is 0.250. The van der Waals surface area contributed by atoms with Gasteiger partial charge in [0.25, 0.3) is 0 Å². The summed E-state index contributed by atoms with van der Waals surface area (Å²) in [5.74, 6) is -2.09. The number of nitrogens with one attached hydrogen (secondary N) is 2. The summed E-state index contributed by atoms with van der Waals surface area (Å²) in [6, 6.07) is 13.0. The molecule has 0 radical (unpaired) electrons. The molecule has 2 aromatic rings. The number of hydrogen-bond acceptors (Lipinski definition) is 3. The van der Waals surface area contributed by atoms with Crippen LogP contribution < -0.4 is 16.4 Å². The number of primary amides is 1. The molecule has 3 amide bonds. The Morgan fingerprint density at radius 3 is 2.15 bits per heavy atom. The molecule has 2 atom stereocenters. The van der Waals surface area contributed by atoms with Crippen LogP contribution in [0.4, 0.5) is 4.39 Å². The number of hydrogen-bond donors (Lipinski definition) is 3. The number of nitrogens with two attached hydrogens (primary N) is 1. The van der Waals surface area contributed by atoms with Crippen LogP contribution in [-0.4, -0.2) is 29.8 Å². The molecule has 0 aliphatic rings. The first kappa shape index (κ1) is 20.1. The molecule has 0 aliphatic carbocycles. The molecule has 7 heteroatoms. The van der Waals surface area contributed by atoms with E-state index < -0.39 is 29.7 Å². The van der Waals surface area contributed by atoms with Crippen molar-refractivity contribution in [2.45, 2.75) is 31.8 Å². The molecule has 0 saturated carbocycles. The van der Waals surface area contributed by atoms with Gasteiger partial charge in [0.2, 0.25) is 17.7 Å². The van der Waals surface area contributed by atoms with E-state index in [0.717, 1.165) is 5.56 Å². The molecule has 0 bridgehead atoms. The second-order valence-corrected chi connectivity index (χ2v) is 6.24. The summed E-state index contributed by atoms with van der Waals surface area (Å²) < 4.78 is 13.3. The first-order valence-corrected chi connectivity index (χ1v) is 8.50. The van der Waals surface area contributed by atoms with E-state index in [9.17, 15) is 18.8 Å². The number of halogens is 1. The normalized spacial score (nSPS) is 12.7. The zero-order valence-corrected chi connectivity index (χ0v) is 14.9. The monoisotopic (exact) mass is 371 g/mol. The Morgan fingerprint density at radius 1 is 0.926 bits per heavy atom. The molecule has 2 rings (SSSR count). The van der Waals surface area contributed by atoms with Gasteiger partial charge in [-0.1, -0.05) is 42.5 Å². The maximum absolute atomic E-state index is 13.3. The minimum Gasteiger partial charge on any atom is -0.368 e. The largest absolute Gasteiger partial charge is 0.368 e. The Morgan fingerprint density at radius 2 is 1.56 bits per heavy atom. The molecule has 0 saturated heterocycles. The molecule has 2 aromatic carbocycles. The number of carbonyl (C=O) groups is 3. The molecule has 142 valence electrons. The summed E-state index contributed by atoms with van der Waals surface area (Å²) in [7, 11) is 0. The van der Waals surface area contributed by atoms with Gasteiger partial charge in [-0.2, -0.15) is 0 Å². The van der Waals surface area contributed by atoms with Crippen molar-refractivity contribution >= 4 is 17.7 Å². The van der Waals surface area contributed by atoms with Crippen molar-refractivity contribution in [2.75, 3.05) is 0 Å². The van der Waals surface area contributed by atoms with Crippen molar-refractivity contribution in [3.05, 3.63) is 71.5 Å². The summed E-state index contributed by atoms with van der Waals surface area (Å²) >= 11 is 0. The van der Waals surface area contributed by atoms with E-state index in [1.54, 1.807) is 6.07 Å². The molecule has 6 nitrogen and oxygen atoms in total. The van der Waals surface area contributed by atoms with Gasteiger partial charge >= 0.3 is 0 Å². The van der Waals surface area contributed by atoms with Crippen LogP contribution in [0.1, 0.15) is 18.1 Å². The van der Waals surface area contributed by atoms with Gasteiger partial charge in [-0.15, -0.1) is 0 Å². The summed E-state index contributed by atoms with van der Waals surface area (Å²) in [6.45, 7) is 1.31. The van der Waals surface area contributed by atoms with Crippen LogP contribution in [0.3, 0.4) is 0 Å². The third-order valence-electron chi connectivity index (χ3n) is 3.97. The minimum absolute atomic E-state index is 0.0525. The van der Waals surface area contributed by atoms with Gasteiger partial charge in [0, 0.05) is 19.8 Å². The molecule has 0 spiro atoms. The molecule has 0 unspecified atom stereocenters. The van der Waals surface area contributed by atoms with Crippen molar-refractivity contribution in [3.8, 4) is 0 Å². The topological polar surface area (TPSA) is 101 Å². The van der Waals surface area contributed by atoms with Crippen molar-refractivity contribution in [2.24, 2.45) is 5.73 Å². The molecule has 0 fully saturated rings. The highest BCUT2D eigenvalue weighted by atomic mass is 19.1. The maximum atomic E-state index is 13.3. The summed E-state index contributed by atoms with van der Waals surface area (Å²) in [6.07, 6.45) is 0.314. The molecule has 0 aliphatic heterocycles. The standard InChI is InChI=1S/C20H22FN3O3/c1-13(25)23-18(11-14-6-3-2-4-7-14)20(27)24-17(19(22)26)12-15-8-5-9-16(21)10-15/h2-10,17-18H,11-12H2,1H3,(H2,22,26)(H,23,25)(H,24,27)/t17-,18-/m0/s1. The Kier molecular flexibility index (Phi) is 7.05. The maximum Gasteiger partial charge on any atom is 0.243 e. The highest BCUT2D eigenvalue weighted by Crippen LogP contribution is 2.08. The van der Waals surface area contributed by atoms with Crippen LogP contribution in [0.25, 0.3) is 0 Å². The van der Waals surface area contributed by atoms with Gasteiger partial charge in [-0.3, -0.25) is 14.4 Å². The van der Waals surface area contributed by atoms with Crippen LogP contribution >= 0.6 is 0 Å². The van der Waals surface area contributed by atoms with Crippen LogP contribution in [0.15, 0.2) is 54.6 Å². The highest BCUT2D eigenvalue weighted by molar-refractivity contribution is 5.91. The smallest absolute Gasteiger partial charge is 0.243 e. The van der Waals surface area contributed by atoms with Crippen LogP contribution in [0.2, 0.25) is 0 Å². The van der Waals surface area contributed by atoms with E-state index in [4.69, 9.17) is 5.73 Å². The van der Waals surface area contributed by atoms with Crippen molar-refractivity contribution in [1.29, 1.82) is 0 Å². The average Bonchev–Trinajstić information content (AvgIpc) is 2.61. The molecule has 27 heavy (non-hydrogen) atoms. The van der Waals surface area contributed by atoms with E-state index in [0.29, 0.717) is 5.56 Å². The minimum atomic E-state index is -1.02. The quantitative estimate of drug-likeness (QED) is 0.647. The van der Waals surface area contributed by atoms with Gasteiger partial charge in [0.1, 0.15) is 17.9 Å². The number of rotatable bonds is 8. The predicted octanol–water partition coefficient (Wildman–Crippen LogP) is 1.09. The Bertz CT molecular complexity index is 811. The Balaban J connectivity index is 2.11. The third kappa shape index (κ3) is 6.54. The van der Waals surface area contributed by atoms with E-state index >= 15 is 0 Å². The highest BCUT2D eigenvalue weighted by Gasteiger charge is 2.25. The zero-order valence-electron chi connectivity index (χ0n) is 14.9. The van der Waals surface area contributed by atoms with Gasteiger partial charge in [-0.05, 0) is 23.3 Å². The lowest BCUT2D eigenvalue weighted by atomic mass is 10.0. The lowest BCUT2D eigenvalue weighted by Crippen LogP contribution is -2.54. The van der Waals surface area contributed by atoms with Crippen molar-refractivity contribution in [1.82, 2.24) is 10.6 Å². The van der Waals surface area contributed by atoms with Crippen LogP contribution in [0.5, 0.6) is 0 Å². The van der Waals surface area contributed by atoms with Crippen LogP contribution in [0, 0.1) is 5.82 Å². The van der Waals surface area contributed by atoms with Gasteiger partial charge in [0.15, 0.2) is 0 Å². The fourth-order valence-electron chi connectivity index (χ4n) is 2.70. The first-order chi connectivity index (χ1) is 12.8. The van der Waals surface area contributed by atoms with E-state index in [1.807, 2.05) is 30.3 Å². The number of carbonyl (C=O) groups excluding carboxylic acids is 3. The fourth-order valence-corrected chi connectivity index (χ4v) is 2.70. The molecule has 0 heterocycles. The molecular weight excluding hydrogens is 349 g/mol. The number of amides is 3. The molecular formula is C20H22FN3O3. The van der Waals surface area contributed by atoms with Gasteiger partial charge < -0.3 is 16.4 Å². The average molecular weight is 371 g/mol. The van der Waals surface area contributed by atoms with Crippen LogP contribution in [-0.2, 0) is 27.2 Å². The number of benzene rings is 2. The molecule has 4 N–H and O–H groups in total. The van der Waals surface area contributed by atoms with E-state index in [1.165, 1.54) is 25.1 Å². The van der Waals surface area contributed by atoms with E-state index in [-0.39, 0.29) is 18.7 Å². The summed E-state index contributed by atoms with van der Waals surface area (Å²) in [5, 5.41) is 5.14. The lowest BCUT2D eigenvalue weighted by molar-refractivity contribution is -0.130. The first-order valence-electron chi connectivity index (χ1n) is 8.50. The molecule has 0 aromatic heterocycles. The Hall–Kier alpha value is -3.22. The third-order valence-corrected chi connectivity index (χ3v) is 3.97. The Labute approximate surface area is 156 Å². The predicted molar refractivity (Wildman–Crippen MR) is 99.0 cm³/mol. The summed E-state index contributed by atoms with van der Waals surface area (Å²) in [5.41, 5.74) is 6.77. The second kappa shape index (κ2) is 9.47. The second-order valence-electron chi connectivity index (χ2n) is 6.24. The lowest BCUT2D eigenvalue weighted by Gasteiger charge is -2.22. The van der Waals surface area contributed by atoms with Crippen molar-refractivity contribution in [3.63, 3.8) is 0 Å². The van der Waals surface area contributed by atoms with Crippen molar-refractivity contribution < 1.29 is 18.8 Å². The van der Waals surface area contributed by atoms with Gasteiger partial charge in [-0.25, -0.2) is 4.39 Å². The SMILES string of the molecule is CC(=O)N[C@@H](Cc1ccccc1)C(=O)N[C@@H](Cc1cccc(F)c1)C(N)=O. The zero-order chi connectivity index (χ0) is 19.8.